The first-order valence-corrected chi connectivity index (χ1v) is 8.59. The highest BCUT2D eigenvalue weighted by Gasteiger charge is 2.29. The van der Waals surface area contributed by atoms with E-state index in [2.05, 4.69) is 24.3 Å². The van der Waals surface area contributed by atoms with Crippen molar-refractivity contribution in [3.63, 3.8) is 0 Å². The zero-order valence-electron chi connectivity index (χ0n) is 14.4. The van der Waals surface area contributed by atoms with E-state index in [1.807, 2.05) is 0 Å². The fourth-order valence-electron chi connectivity index (χ4n) is 3.53. The van der Waals surface area contributed by atoms with E-state index in [1.54, 1.807) is 25.1 Å². The smallest absolute Gasteiger partial charge is 0.254 e. The second kappa shape index (κ2) is 6.75. The van der Waals surface area contributed by atoms with E-state index in [1.165, 1.54) is 23.4 Å². The minimum absolute atomic E-state index is 0.124. The standard InChI is InChI=1S/C19H24FN3O/c1-12-7-6-9-17(13(12)2)22-19(24)15-11-21-23(14(15)3)18-10-5-4-8-16(18)20/h4-5,8,10-13,17H,6-7,9H2,1-3H3,(H,22,24). The molecule has 1 heterocycles. The number of amides is 1. The molecule has 3 rings (SSSR count). The number of nitrogens with one attached hydrogen (secondary N) is 1. The summed E-state index contributed by atoms with van der Waals surface area (Å²) in [6.45, 7) is 6.23. The molecule has 1 amide bonds. The third-order valence-corrected chi connectivity index (χ3v) is 5.36. The highest BCUT2D eigenvalue weighted by Crippen LogP contribution is 2.29. The molecule has 0 spiro atoms. The molecule has 5 heteroatoms. The molecular formula is C19H24FN3O. The van der Waals surface area contributed by atoms with Gasteiger partial charge in [-0.25, -0.2) is 9.07 Å². The monoisotopic (exact) mass is 329 g/mol. The summed E-state index contributed by atoms with van der Waals surface area (Å²) in [7, 11) is 0. The summed E-state index contributed by atoms with van der Waals surface area (Å²) in [4.78, 5) is 12.7. The Hall–Kier alpha value is -2.17. The van der Waals surface area contributed by atoms with Gasteiger partial charge in [-0.1, -0.05) is 38.8 Å². The molecule has 0 aliphatic heterocycles. The number of rotatable bonds is 3. The predicted octanol–water partition coefficient (Wildman–Crippen LogP) is 3.87. The van der Waals surface area contributed by atoms with Gasteiger partial charge < -0.3 is 5.32 Å². The minimum atomic E-state index is -0.356. The van der Waals surface area contributed by atoms with E-state index in [4.69, 9.17) is 0 Å². The normalized spacial score (nSPS) is 23.9. The van der Waals surface area contributed by atoms with Gasteiger partial charge in [0.15, 0.2) is 0 Å². The maximum Gasteiger partial charge on any atom is 0.254 e. The topological polar surface area (TPSA) is 46.9 Å². The molecule has 128 valence electrons. The molecule has 24 heavy (non-hydrogen) atoms. The summed E-state index contributed by atoms with van der Waals surface area (Å²) in [6, 6.07) is 6.63. The van der Waals surface area contributed by atoms with Crippen molar-refractivity contribution in [1.82, 2.24) is 15.1 Å². The second-order valence-corrected chi connectivity index (χ2v) is 6.85. The first-order chi connectivity index (χ1) is 11.5. The molecule has 0 saturated heterocycles. The molecule has 1 aromatic heterocycles. The number of halogens is 1. The van der Waals surface area contributed by atoms with Crippen LogP contribution in [0, 0.1) is 24.6 Å². The van der Waals surface area contributed by atoms with Crippen molar-refractivity contribution in [2.45, 2.75) is 46.1 Å². The summed E-state index contributed by atoms with van der Waals surface area (Å²) < 4.78 is 15.5. The lowest BCUT2D eigenvalue weighted by Crippen LogP contribution is -2.43. The number of benzene rings is 1. The first kappa shape index (κ1) is 16.7. The van der Waals surface area contributed by atoms with Gasteiger partial charge in [0.2, 0.25) is 0 Å². The van der Waals surface area contributed by atoms with Gasteiger partial charge in [-0.05, 0) is 37.3 Å². The molecule has 0 radical (unpaired) electrons. The van der Waals surface area contributed by atoms with Crippen molar-refractivity contribution in [2.75, 3.05) is 0 Å². The Morgan fingerprint density at radius 1 is 1.29 bits per heavy atom. The number of nitrogens with zero attached hydrogens (tertiary/aromatic N) is 2. The van der Waals surface area contributed by atoms with Crippen molar-refractivity contribution < 1.29 is 9.18 Å². The Morgan fingerprint density at radius 3 is 2.79 bits per heavy atom. The van der Waals surface area contributed by atoms with Crippen LogP contribution in [-0.2, 0) is 0 Å². The molecule has 3 atom stereocenters. The number of para-hydroxylation sites is 1. The van der Waals surface area contributed by atoms with E-state index >= 15 is 0 Å². The molecule has 1 aliphatic rings. The number of aromatic nitrogens is 2. The number of carbonyl (C=O) groups is 1. The van der Waals surface area contributed by atoms with E-state index in [-0.39, 0.29) is 17.8 Å². The zero-order chi connectivity index (χ0) is 17.3. The lowest BCUT2D eigenvalue weighted by Gasteiger charge is -2.34. The van der Waals surface area contributed by atoms with Crippen molar-refractivity contribution in [2.24, 2.45) is 11.8 Å². The molecule has 1 aromatic carbocycles. The van der Waals surface area contributed by atoms with Crippen molar-refractivity contribution in [1.29, 1.82) is 0 Å². The summed E-state index contributed by atoms with van der Waals surface area (Å²) >= 11 is 0. The lowest BCUT2D eigenvalue weighted by molar-refractivity contribution is 0.0890. The van der Waals surface area contributed by atoms with Crippen LogP contribution < -0.4 is 5.32 Å². The average molecular weight is 329 g/mol. The maximum atomic E-state index is 14.0. The minimum Gasteiger partial charge on any atom is -0.349 e. The number of carbonyl (C=O) groups excluding carboxylic acids is 1. The molecule has 1 fully saturated rings. The Morgan fingerprint density at radius 2 is 2.04 bits per heavy atom. The molecule has 1 aliphatic carbocycles. The molecule has 4 nitrogen and oxygen atoms in total. The highest BCUT2D eigenvalue weighted by atomic mass is 19.1. The second-order valence-electron chi connectivity index (χ2n) is 6.85. The van der Waals surface area contributed by atoms with E-state index in [0.717, 1.165) is 12.8 Å². The Balaban J connectivity index is 1.81. The van der Waals surface area contributed by atoms with Crippen molar-refractivity contribution in [3.05, 3.63) is 47.5 Å². The van der Waals surface area contributed by atoms with Crippen molar-refractivity contribution >= 4 is 5.91 Å². The summed E-state index contributed by atoms with van der Waals surface area (Å²) in [5.41, 5.74) is 1.51. The molecule has 1 saturated carbocycles. The van der Waals surface area contributed by atoms with Crippen LogP contribution in [0.15, 0.2) is 30.5 Å². The lowest BCUT2D eigenvalue weighted by atomic mass is 9.78. The molecule has 2 aromatic rings. The Kier molecular flexibility index (Phi) is 4.69. The number of hydrogen-bond acceptors (Lipinski definition) is 2. The first-order valence-electron chi connectivity index (χ1n) is 8.59. The van der Waals surface area contributed by atoms with E-state index in [0.29, 0.717) is 28.8 Å². The summed E-state index contributed by atoms with van der Waals surface area (Å²) in [5, 5.41) is 7.36. The quantitative estimate of drug-likeness (QED) is 0.929. The summed E-state index contributed by atoms with van der Waals surface area (Å²) in [6.07, 6.45) is 4.90. The third-order valence-electron chi connectivity index (χ3n) is 5.36. The summed E-state index contributed by atoms with van der Waals surface area (Å²) in [5.74, 6) is 0.599. The molecular weight excluding hydrogens is 305 g/mol. The largest absolute Gasteiger partial charge is 0.349 e. The van der Waals surface area contributed by atoms with Gasteiger partial charge >= 0.3 is 0 Å². The Bertz CT molecular complexity index is 740. The van der Waals surface area contributed by atoms with Gasteiger partial charge in [0.1, 0.15) is 11.5 Å². The van der Waals surface area contributed by atoms with Crippen LogP contribution in [-0.4, -0.2) is 21.7 Å². The zero-order valence-corrected chi connectivity index (χ0v) is 14.4. The van der Waals surface area contributed by atoms with Crippen LogP contribution in [0.2, 0.25) is 0 Å². The van der Waals surface area contributed by atoms with Gasteiger partial charge in [-0.3, -0.25) is 4.79 Å². The van der Waals surface area contributed by atoms with Gasteiger partial charge in [-0.2, -0.15) is 5.10 Å². The molecule has 1 N–H and O–H groups in total. The fourth-order valence-corrected chi connectivity index (χ4v) is 3.53. The van der Waals surface area contributed by atoms with Crippen LogP contribution in [0.25, 0.3) is 5.69 Å². The van der Waals surface area contributed by atoms with Crippen LogP contribution in [0.4, 0.5) is 4.39 Å². The van der Waals surface area contributed by atoms with Crippen LogP contribution >= 0.6 is 0 Å². The van der Waals surface area contributed by atoms with Gasteiger partial charge in [0.25, 0.3) is 5.91 Å². The van der Waals surface area contributed by atoms with Crippen LogP contribution in [0.3, 0.4) is 0 Å². The predicted molar refractivity (Wildman–Crippen MR) is 91.7 cm³/mol. The fraction of sp³-hybridized carbons (Fsp3) is 0.474. The average Bonchev–Trinajstić information content (AvgIpc) is 2.94. The van der Waals surface area contributed by atoms with Gasteiger partial charge in [0, 0.05) is 6.04 Å². The molecule has 3 unspecified atom stereocenters. The van der Waals surface area contributed by atoms with Gasteiger partial charge in [-0.15, -0.1) is 0 Å². The highest BCUT2D eigenvalue weighted by molar-refractivity contribution is 5.95. The molecule has 0 bridgehead atoms. The van der Waals surface area contributed by atoms with Crippen molar-refractivity contribution in [3.8, 4) is 5.69 Å². The maximum absolute atomic E-state index is 14.0. The van der Waals surface area contributed by atoms with Crippen LogP contribution in [0.1, 0.15) is 49.2 Å². The SMILES string of the molecule is Cc1c(C(=O)NC2CCCC(C)C2C)cnn1-c1ccccc1F. The van der Waals surface area contributed by atoms with Gasteiger partial charge in [0.05, 0.1) is 17.5 Å². The Labute approximate surface area is 142 Å². The van der Waals surface area contributed by atoms with E-state index in [9.17, 15) is 9.18 Å². The van der Waals surface area contributed by atoms with Crippen LogP contribution in [0.5, 0.6) is 0 Å². The third kappa shape index (κ3) is 3.07. The number of hydrogen-bond donors (Lipinski definition) is 1. The van der Waals surface area contributed by atoms with E-state index < -0.39 is 0 Å².